The molecule has 27 heavy (non-hydrogen) atoms. The van der Waals surface area contributed by atoms with Gasteiger partial charge in [0.1, 0.15) is 17.3 Å². The van der Waals surface area contributed by atoms with Crippen molar-refractivity contribution in [3.8, 4) is 5.75 Å². The maximum Gasteiger partial charge on any atom is 0.282 e. The Balaban J connectivity index is 1.83. The minimum absolute atomic E-state index is 0.0206. The van der Waals surface area contributed by atoms with Gasteiger partial charge in [-0.05, 0) is 42.7 Å². The van der Waals surface area contributed by atoms with Gasteiger partial charge in [-0.25, -0.2) is 9.29 Å². The molecule has 138 valence electrons. The van der Waals surface area contributed by atoms with Crippen LogP contribution < -0.4 is 9.64 Å². The molecule has 4 rings (SSSR count). The maximum atomic E-state index is 14.3. The standard InChI is InChI=1S/C21H19FN2O3/c1-27-15-10-8-14(9-11-15)18-19(23-12-4-5-13-23)21(26)24(20(18)25)17-7-3-2-6-16(17)22/h2-3,6-11H,4-5,12-13H2,1H3. The Hall–Kier alpha value is -3.15. The van der Waals surface area contributed by atoms with Crippen molar-refractivity contribution in [1.82, 2.24) is 4.90 Å². The van der Waals surface area contributed by atoms with Crippen LogP contribution in [0.15, 0.2) is 54.2 Å². The molecule has 0 unspecified atom stereocenters. The second kappa shape index (κ2) is 6.87. The molecule has 6 heteroatoms. The van der Waals surface area contributed by atoms with E-state index in [9.17, 15) is 14.0 Å². The van der Waals surface area contributed by atoms with E-state index in [4.69, 9.17) is 4.74 Å². The number of likely N-dealkylation sites (tertiary alicyclic amines) is 1. The first kappa shape index (κ1) is 17.3. The van der Waals surface area contributed by atoms with E-state index >= 15 is 0 Å². The summed E-state index contributed by atoms with van der Waals surface area (Å²) in [5.74, 6) is -0.921. The summed E-state index contributed by atoms with van der Waals surface area (Å²) < 4.78 is 19.5. The van der Waals surface area contributed by atoms with E-state index < -0.39 is 17.6 Å². The fraction of sp³-hybridized carbons (Fsp3) is 0.238. The SMILES string of the molecule is COc1ccc(C2=C(N3CCCC3)C(=O)N(c3ccccc3F)C2=O)cc1. The van der Waals surface area contributed by atoms with Crippen LogP contribution in [0.2, 0.25) is 0 Å². The van der Waals surface area contributed by atoms with E-state index in [2.05, 4.69) is 0 Å². The van der Waals surface area contributed by atoms with Crippen LogP contribution in [0.25, 0.3) is 5.57 Å². The van der Waals surface area contributed by atoms with Crippen LogP contribution in [0, 0.1) is 5.82 Å². The molecule has 0 aliphatic carbocycles. The van der Waals surface area contributed by atoms with E-state index in [0.29, 0.717) is 35.7 Å². The number of nitrogens with zero attached hydrogens (tertiary/aromatic N) is 2. The fourth-order valence-electron chi connectivity index (χ4n) is 3.62. The van der Waals surface area contributed by atoms with E-state index in [-0.39, 0.29) is 5.69 Å². The van der Waals surface area contributed by atoms with Crippen molar-refractivity contribution in [2.24, 2.45) is 0 Å². The molecule has 2 aromatic rings. The van der Waals surface area contributed by atoms with Gasteiger partial charge in [0.15, 0.2) is 0 Å². The van der Waals surface area contributed by atoms with E-state index in [1.54, 1.807) is 37.4 Å². The molecule has 5 nitrogen and oxygen atoms in total. The van der Waals surface area contributed by atoms with Crippen LogP contribution in [0.1, 0.15) is 18.4 Å². The van der Waals surface area contributed by atoms with Gasteiger partial charge in [-0.3, -0.25) is 9.59 Å². The molecule has 0 radical (unpaired) electrons. The smallest absolute Gasteiger partial charge is 0.282 e. The van der Waals surface area contributed by atoms with Crippen LogP contribution in [-0.2, 0) is 9.59 Å². The van der Waals surface area contributed by atoms with Crippen molar-refractivity contribution in [3.05, 3.63) is 65.6 Å². The van der Waals surface area contributed by atoms with E-state index in [0.717, 1.165) is 17.7 Å². The molecular weight excluding hydrogens is 347 g/mol. The minimum atomic E-state index is -0.601. The maximum absolute atomic E-state index is 14.3. The molecule has 0 N–H and O–H groups in total. The number of imide groups is 1. The molecule has 0 spiro atoms. The highest BCUT2D eigenvalue weighted by molar-refractivity contribution is 6.45. The number of methoxy groups -OCH3 is 1. The summed E-state index contributed by atoms with van der Waals surface area (Å²) in [6.07, 6.45) is 1.92. The van der Waals surface area contributed by atoms with Gasteiger partial charge in [0, 0.05) is 13.1 Å². The Morgan fingerprint density at radius 1 is 0.926 bits per heavy atom. The number of halogens is 1. The lowest BCUT2D eigenvalue weighted by Crippen LogP contribution is -2.35. The van der Waals surface area contributed by atoms with Crippen LogP contribution in [0.3, 0.4) is 0 Å². The quantitative estimate of drug-likeness (QED) is 0.780. The zero-order valence-electron chi connectivity index (χ0n) is 14.9. The average molecular weight is 366 g/mol. The van der Waals surface area contributed by atoms with Crippen molar-refractivity contribution >= 4 is 23.1 Å². The zero-order valence-corrected chi connectivity index (χ0v) is 14.9. The number of rotatable bonds is 4. The number of anilines is 1. The zero-order chi connectivity index (χ0) is 19.0. The lowest BCUT2D eigenvalue weighted by Gasteiger charge is -2.20. The van der Waals surface area contributed by atoms with Crippen molar-refractivity contribution in [3.63, 3.8) is 0 Å². The van der Waals surface area contributed by atoms with E-state index in [1.165, 1.54) is 18.2 Å². The molecule has 2 aliphatic heterocycles. The summed E-state index contributed by atoms with van der Waals surface area (Å²) in [7, 11) is 1.56. The van der Waals surface area contributed by atoms with Crippen LogP contribution in [0.5, 0.6) is 5.75 Å². The summed E-state index contributed by atoms with van der Waals surface area (Å²) >= 11 is 0. The highest BCUT2D eigenvalue weighted by Gasteiger charge is 2.43. The molecule has 1 saturated heterocycles. The van der Waals surface area contributed by atoms with Crippen LogP contribution in [0.4, 0.5) is 10.1 Å². The highest BCUT2D eigenvalue weighted by Crippen LogP contribution is 2.37. The number of amides is 2. The largest absolute Gasteiger partial charge is 0.497 e. The third-order valence-corrected chi connectivity index (χ3v) is 4.95. The van der Waals surface area contributed by atoms with Gasteiger partial charge in [0.25, 0.3) is 11.8 Å². The molecule has 2 aromatic carbocycles. The van der Waals surface area contributed by atoms with Gasteiger partial charge >= 0.3 is 0 Å². The van der Waals surface area contributed by atoms with Gasteiger partial charge in [0.2, 0.25) is 0 Å². The molecule has 0 bridgehead atoms. The third-order valence-electron chi connectivity index (χ3n) is 4.95. The minimum Gasteiger partial charge on any atom is -0.497 e. The Labute approximate surface area is 156 Å². The number of carbonyl (C=O) groups excluding carboxylic acids is 2. The Morgan fingerprint density at radius 3 is 2.22 bits per heavy atom. The predicted octanol–water partition coefficient (Wildman–Crippen LogP) is 3.21. The van der Waals surface area contributed by atoms with Crippen LogP contribution >= 0.6 is 0 Å². The van der Waals surface area contributed by atoms with Gasteiger partial charge in [0.05, 0.1) is 18.4 Å². The topological polar surface area (TPSA) is 49.9 Å². The van der Waals surface area contributed by atoms with Crippen molar-refractivity contribution in [2.45, 2.75) is 12.8 Å². The molecule has 0 saturated carbocycles. The summed E-state index contributed by atoms with van der Waals surface area (Å²) in [6, 6.07) is 12.8. The van der Waals surface area contributed by atoms with Gasteiger partial charge in [-0.1, -0.05) is 24.3 Å². The molecule has 2 heterocycles. The molecule has 0 aromatic heterocycles. The Kier molecular flexibility index (Phi) is 4.39. The van der Waals surface area contributed by atoms with Crippen molar-refractivity contribution in [1.29, 1.82) is 0 Å². The number of hydrogen-bond acceptors (Lipinski definition) is 4. The van der Waals surface area contributed by atoms with Gasteiger partial charge in [-0.2, -0.15) is 0 Å². The first-order valence-corrected chi connectivity index (χ1v) is 8.89. The molecular formula is C21H19FN2O3. The molecule has 1 fully saturated rings. The number of ether oxygens (including phenoxy) is 1. The Bertz CT molecular complexity index is 931. The third kappa shape index (κ3) is 2.87. The normalized spacial score (nSPS) is 17.3. The number of benzene rings is 2. The lowest BCUT2D eigenvalue weighted by molar-refractivity contribution is -0.120. The van der Waals surface area contributed by atoms with Crippen molar-refractivity contribution < 1.29 is 18.7 Å². The summed E-state index contributed by atoms with van der Waals surface area (Å²) in [4.78, 5) is 29.3. The monoisotopic (exact) mass is 366 g/mol. The molecule has 2 aliphatic rings. The number of carbonyl (C=O) groups is 2. The lowest BCUT2D eigenvalue weighted by atomic mass is 10.0. The molecule has 2 amide bonds. The average Bonchev–Trinajstić information content (AvgIpc) is 3.29. The van der Waals surface area contributed by atoms with E-state index in [1.807, 2.05) is 4.90 Å². The number of hydrogen-bond donors (Lipinski definition) is 0. The van der Waals surface area contributed by atoms with Gasteiger partial charge in [-0.15, -0.1) is 0 Å². The Morgan fingerprint density at radius 2 is 1.59 bits per heavy atom. The highest BCUT2D eigenvalue weighted by atomic mass is 19.1. The van der Waals surface area contributed by atoms with Crippen molar-refractivity contribution in [2.75, 3.05) is 25.1 Å². The first-order valence-electron chi connectivity index (χ1n) is 8.89. The number of para-hydroxylation sites is 1. The van der Waals surface area contributed by atoms with Gasteiger partial charge < -0.3 is 9.64 Å². The predicted molar refractivity (Wildman–Crippen MR) is 99.6 cm³/mol. The summed E-state index contributed by atoms with van der Waals surface area (Å²) in [5.41, 5.74) is 1.27. The first-order chi connectivity index (χ1) is 13.1. The van der Waals surface area contributed by atoms with Crippen LogP contribution in [-0.4, -0.2) is 36.9 Å². The molecule has 0 atom stereocenters. The second-order valence-electron chi connectivity index (χ2n) is 6.54. The second-order valence-corrected chi connectivity index (χ2v) is 6.54. The summed E-state index contributed by atoms with van der Waals surface area (Å²) in [5, 5.41) is 0. The summed E-state index contributed by atoms with van der Waals surface area (Å²) in [6.45, 7) is 1.41. The fourth-order valence-corrected chi connectivity index (χ4v) is 3.62.